The quantitative estimate of drug-likeness (QED) is 0.158. The van der Waals surface area contributed by atoms with Gasteiger partial charge in [-0.15, -0.1) is 0 Å². The zero-order valence-corrected chi connectivity index (χ0v) is 23.1. The van der Waals surface area contributed by atoms with Crippen LogP contribution in [0, 0.1) is 0 Å². The largest absolute Gasteiger partial charge is 0.463 e. The van der Waals surface area contributed by atoms with Crippen molar-refractivity contribution in [3.8, 4) is 5.75 Å². The molecule has 0 fully saturated rings. The van der Waals surface area contributed by atoms with Crippen molar-refractivity contribution < 1.29 is 14.3 Å². The van der Waals surface area contributed by atoms with Gasteiger partial charge in [0.15, 0.2) is 0 Å². The molecule has 0 amide bonds. The van der Waals surface area contributed by atoms with Crippen molar-refractivity contribution in [3.63, 3.8) is 0 Å². The first-order chi connectivity index (χ1) is 16.2. The zero-order chi connectivity index (χ0) is 24.8. The maximum atomic E-state index is 12.0. The predicted octanol–water partition coefficient (Wildman–Crippen LogP) is 7.77. The maximum absolute atomic E-state index is 12.0. The highest BCUT2D eigenvalue weighted by atomic mass is 79.9. The highest BCUT2D eigenvalue weighted by molar-refractivity contribution is 9.10. The van der Waals surface area contributed by atoms with Crippen molar-refractivity contribution in [1.82, 2.24) is 4.72 Å². The number of hydrogen-bond acceptors (Lipinski definition) is 6. The van der Waals surface area contributed by atoms with E-state index in [0.717, 1.165) is 40.1 Å². The van der Waals surface area contributed by atoms with Crippen LogP contribution in [0.15, 0.2) is 64.2 Å². The number of hydrogen-bond donors (Lipinski definition) is 1. The number of anilines is 2. The second-order valence-electron chi connectivity index (χ2n) is 9.57. The van der Waals surface area contributed by atoms with Crippen LogP contribution in [0.5, 0.6) is 5.75 Å². The molecule has 0 saturated carbocycles. The first kappa shape index (κ1) is 26.6. The van der Waals surface area contributed by atoms with Crippen LogP contribution in [0.25, 0.3) is 0 Å². The van der Waals surface area contributed by atoms with Crippen LogP contribution in [-0.2, 0) is 9.53 Å². The lowest BCUT2D eigenvalue weighted by atomic mass is 9.90. The summed E-state index contributed by atoms with van der Waals surface area (Å²) in [4.78, 5) is 15.4. The Morgan fingerprint density at radius 1 is 1.24 bits per heavy atom. The second kappa shape index (κ2) is 11.6. The number of esters is 1. The summed E-state index contributed by atoms with van der Waals surface area (Å²) in [6, 6.07) is 14.6. The molecule has 0 aliphatic carbocycles. The lowest BCUT2D eigenvalue weighted by molar-refractivity contribution is -0.148. The van der Waals surface area contributed by atoms with E-state index in [1.807, 2.05) is 32.9 Å². The van der Waals surface area contributed by atoms with E-state index in [9.17, 15) is 4.79 Å². The number of carbonyl (C=O) groups excluding carboxylic acids is 1. The molecule has 2 aromatic carbocycles. The number of ether oxygens (including phenoxy) is 2. The van der Waals surface area contributed by atoms with Crippen LogP contribution in [-0.4, -0.2) is 23.7 Å². The van der Waals surface area contributed by atoms with Crippen molar-refractivity contribution in [2.24, 2.45) is 0 Å². The summed E-state index contributed by atoms with van der Waals surface area (Å²) < 4.78 is 15.7. The first-order valence-corrected chi connectivity index (χ1v) is 13.4. The Kier molecular flexibility index (Phi) is 9.13. The fraction of sp³-hybridized carbons (Fsp3) is 0.444. The number of rotatable bonds is 8. The van der Waals surface area contributed by atoms with Crippen LogP contribution in [0.1, 0.15) is 60.3 Å². The Bertz CT molecular complexity index is 1010. The molecule has 34 heavy (non-hydrogen) atoms. The predicted molar refractivity (Wildman–Crippen MR) is 145 cm³/mol. The van der Waals surface area contributed by atoms with E-state index in [1.54, 1.807) is 11.9 Å². The third kappa shape index (κ3) is 7.03. The summed E-state index contributed by atoms with van der Waals surface area (Å²) in [6.45, 7) is 10.9. The molecule has 7 heteroatoms. The summed E-state index contributed by atoms with van der Waals surface area (Å²) >= 11 is 5.33. The number of halogens is 1. The number of nitrogens with zero attached hydrogens (tertiary/aromatic N) is 1. The zero-order valence-electron chi connectivity index (χ0n) is 20.7. The van der Waals surface area contributed by atoms with Gasteiger partial charge in [0.05, 0.1) is 27.4 Å². The Labute approximate surface area is 216 Å². The van der Waals surface area contributed by atoms with Gasteiger partial charge in [0.25, 0.3) is 0 Å². The summed E-state index contributed by atoms with van der Waals surface area (Å²) in [7, 11) is 0. The highest BCUT2D eigenvalue weighted by Gasteiger charge is 2.35. The van der Waals surface area contributed by atoms with E-state index in [4.69, 9.17) is 9.47 Å². The van der Waals surface area contributed by atoms with Gasteiger partial charge in [-0.1, -0.05) is 44.9 Å². The minimum atomic E-state index is -0.543. The van der Waals surface area contributed by atoms with Gasteiger partial charge in [0.2, 0.25) is 0 Å². The fourth-order valence-corrected chi connectivity index (χ4v) is 5.34. The lowest BCUT2D eigenvalue weighted by Gasteiger charge is -2.37. The van der Waals surface area contributed by atoms with Gasteiger partial charge >= 0.3 is 5.97 Å². The van der Waals surface area contributed by atoms with Gasteiger partial charge < -0.3 is 14.4 Å². The number of carbonyl (C=O) groups is 1. The fourth-order valence-electron chi connectivity index (χ4n) is 3.83. The standard InChI is InChI=1S/C27H35BrN2O3S/c1-6-8-15-27(7-2)19-30(20-12-10-9-11-13-20)22-17-21(28)23(18-24(22)34-29-27)32-16-14-25(31)33-26(3,4)5/h9-14,16-18,29H,6-8,15,19H2,1-5H3/b16-14+. The molecule has 0 saturated heterocycles. The van der Waals surface area contributed by atoms with Gasteiger partial charge in [0, 0.05) is 17.8 Å². The third-order valence-corrected chi connectivity index (χ3v) is 7.40. The van der Waals surface area contributed by atoms with E-state index >= 15 is 0 Å². The molecule has 1 atom stereocenters. The molecule has 184 valence electrons. The summed E-state index contributed by atoms with van der Waals surface area (Å²) in [5, 5.41) is 0. The summed E-state index contributed by atoms with van der Waals surface area (Å²) in [5.74, 6) is 0.201. The monoisotopic (exact) mass is 546 g/mol. The van der Waals surface area contributed by atoms with Gasteiger partial charge in [-0.05, 0) is 85.8 Å². The molecular weight excluding hydrogens is 512 g/mol. The topological polar surface area (TPSA) is 50.8 Å². The molecule has 0 radical (unpaired) electrons. The number of nitrogens with one attached hydrogen (secondary N) is 1. The molecule has 1 unspecified atom stereocenters. The molecule has 1 N–H and O–H groups in total. The van der Waals surface area contributed by atoms with E-state index in [2.05, 4.69) is 69.7 Å². The Balaban J connectivity index is 1.92. The summed E-state index contributed by atoms with van der Waals surface area (Å²) in [6.07, 6.45) is 7.15. The molecule has 2 aromatic rings. The molecule has 0 aromatic heterocycles. The Morgan fingerprint density at radius 3 is 2.62 bits per heavy atom. The smallest absolute Gasteiger partial charge is 0.334 e. The van der Waals surface area contributed by atoms with Crippen LogP contribution in [0.3, 0.4) is 0 Å². The third-order valence-electron chi connectivity index (χ3n) is 5.70. The average molecular weight is 548 g/mol. The number of benzene rings is 2. The van der Waals surface area contributed by atoms with Crippen LogP contribution in [0.4, 0.5) is 11.4 Å². The molecular formula is C27H35BrN2O3S. The molecule has 0 bridgehead atoms. The normalized spacial score (nSPS) is 18.5. The van der Waals surface area contributed by atoms with E-state index in [1.165, 1.54) is 25.2 Å². The van der Waals surface area contributed by atoms with E-state index in [0.29, 0.717) is 5.75 Å². The van der Waals surface area contributed by atoms with Crippen LogP contribution in [0.2, 0.25) is 0 Å². The molecule has 1 heterocycles. The van der Waals surface area contributed by atoms with Crippen LogP contribution < -0.4 is 14.4 Å². The average Bonchev–Trinajstić information content (AvgIpc) is 2.95. The molecule has 5 nitrogen and oxygen atoms in total. The number of unbranched alkanes of at least 4 members (excludes halogenated alkanes) is 1. The van der Waals surface area contributed by atoms with Crippen molar-refractivity contribution >= 4 is 45.2 Å². The molecule has 3 rings (SSSR count). The van der Waals surface area contributed by atoms with Crippen molar-refractivity contribution in [1.29, 1.82) is 0 Å². The minimum Gasteiger partial charge on any atom is -0.463 e. The Hall–Kier alpha value is -1.96. The second-order valence-corrected chi connectivity index (χ2v) is 11.3. The van der Waals surface area contributed by atoms with Gasteiger partial charge in [0.1, 0.15) is 11.4 Å². The number of fused-ring (bicyclic) bond motifs is 1. The maximum Gasteiger partial charge on any atom is 0.334 e. The first-order valence-electron chi connectivity index (χ1n) is 11.8. The minimum absolute atomic E-state index is 0.0142. The van der Waals surface area contributed by atoms with Crippen molar-refractivity contribution in [3.05, 3.63) is 59.3 Å². The van der Waals surface area contributed by atoms with E-state index < -0.39 is 11.6 Å². The van der Waals surface area contributed by atoms with E-state index in [-0.39, 0.29) is 5.54 Å². The SMILES string of the molecule is CCCCC1(CC)CN(c2ccccc2)c2cc(Br)c(O/C=C/C(=O)OC(C)(C)C)cc2SN1. The van der Waals surface area contributed by atoms with Gasteiger partial charge in [-0.25, -0.2) is 4.79 Å². The van der Waals surface area contributed by atoms with Crippen molar-refractivity contribution in [2.75, 3.05) is 11.4 Å². The molecule has 0 spiro atoms. The van der Waals surface area contributed by atoms with Gasteiger partial charge in [-0.3, -0.25) is 4.72 Å². The lowest BCUT2D eigenvalue weighted by Crippen LogP contribution is -2.48. The molecule has 1 aliphatic rings. The van der Waals surface area contributed by atoms with Crippen molar-refractivity contribution in [2.45, 2.75) is 76.3 Å². The number of para-hydroxylation sites is 1. The Morgan fingerprint density at radius 2 is 1.97 bits per heavy atom. The highest BCUT2D eigenvalue weighted by Crippen LogP contribution is 2.45. The molecule has 1 aliphatic heterocycles. The summed E-state index contributed by atoms with van der Waals surface area (Å²) in [5.41, 5.74) is 1.72. The van der Waals surface area contributed by atoms with Gasteiger partial charge in [-0.2, -0.15) is 0 Å². The van der Waals surface area contributed by atoms with Crippen LogP contribution >= 0.6 is 27.9 Å².